The number of hydrogen-bond acceptors (Lipinski definition) is 6. The van der Waals surface area contributed by atoms with E-state index in [9.17, 15) is 9.18 Å². The maximum atomic E-state index is 14.5. The minimum absolute atomic E-state index is 0.00584. The molecular formula is C21H24ClFN6O2. The zero-order valence-corrected chi connectivity index (χ0v) is 18.1. The van der Waals surface area contributed by atoms with Crippen molar-refractivity contribution >= 4 is 34.4 Å². The Labute approximate surface area is 184 Å². The number of carbonyl (C=O) groups is 1. The Balaban J connectivity index is 1.59. The normalized spacial score (nSPS) is 16.6. The molecule has 0 bridgehead atoms. The van der Waals surface area contributed by atoms with Crippen LogP contribution in [0.5, 0.6) is 5.75 Å². The first kappa shape index (κ1) is 21.3. The SMILES string of the molecule is CCN1CC[C@H](Nc2c(Cl)cnc3nc(-c4ccc(OCC(=O)NC)c(F)c4)[nH]c23)C1. The fraction of sp³-hybridized carbons (Fsp3) is 0.381. The number of halogens is 2. The molecule has 3 N–H and O–H groups in total. The van der Waals surface area contributed by atoms with Crippen LogP contribution < -0.4 is 15.4 Å². The third kappa shape index (κ3) is 4.57. The zero-order chi connectivity index (χ0) is 22.0. The first-order valence-electron chi connectivity index (χ1n) is 10.1. The molecule has 0 unspecified atom stereocenters. The minimum Gasteiger partial charge on any atom is -0.481 e. The highest BCUT2D eigenvalue weighted by molar-refractivity contribution is 6.34. The van der Waals surface area contributed by atoms with E-state index in [-0.39, 0.29) is 24.3 Å². The first-order valence-corrected chi connectivity index (χ1v) is 10.5. The highest BCUT2D eigenvalue weighted by Crippen LogP contribution is 2.32. The van der Waals surface area contributed by atoms with Crippen molar-refractivity contribution in [2.75, 3.05) is 38.6 Å². The molecule has 3 heterocycles. The lowest BCUT2D eigenvalue weighted by Crippen LogP contribution is -2.26. The lowest BCUT2D eigenvalue weighted by atomic mass is 10.2. The Kier molecular flexibility index (Phi) is 6.24. The van der Waals surface area contributed by atoms with Crippen LogP contribution in [0.4, 0.5) is 10.1 Å². The number of pyridine rings is 1. The number of aromatic nitrogens is 3. The summed E-state index contributed by atoms with van der Waals surface area (Å²) in [7, 11) is 1.49. The van der Waals surface area contributed by atoms with Crippen LogP contribution in [0, 0.1) is 5.82 Å². The molecular weight excluding hydrogens is 423 g/mol. The first-order chi connectivity index (χ1) is 15.0. The van der Waals surface area contributed by atoms with Crippen molar-refractivity contribution in [3.05, 3.63) is 35.2 Å². The molecule has 0 radical (unpaired) electrons. The van der Waals surface area contributed by atoms with Gasteiger partial charge in [-0.25, -0.2) is 14.4 Å². The van der Waals surface area contributed by atoms with E-state index in [2.05, 4.69) is 37.4 Å². The van der Waals surface area contributed by atoms with Crippen molar-refractivity contribution in [1.82, 2.24) is 25.2 Å². The van der Waals surface area contributed by atoms with Gasteiger partial charge in [-0.2, -0.15) is 0 Å². The highest BCUT2D eigenvalue weighted by Gasteiger charge is 2.23. The summed E-state index contributed by atoms with van der Waals surface area (Å²) in [6.07, 6.45) is 2.59. The maximum absolute atomic E-state index is 14.5. The van der Waals surface area contributed by atoms with E-state index < -0.39 is 5.82 Å². The van der Waals surface area contributed by atoms with Gasteiger partial charge in [0.2, 0.25) is 0 Å². The molecule has 10 heteroatoms. The Morgan fingerprint density at radius 3 is 3.00 bits per heavy atom. The van der Waals surface area contributed by atoms with Gasteiger partial charge < -0.3 is 25.3 Å². The lowest BCUT2D eigenvalue weighted by molar-refractivity contribution is -0.122. The topological polar surface area (TPSA) is 95.2 Å². The summed E-state index contributed by atoms with van der Waals surface area (Å²) in [5.41, 5.74) is 2.45. The van der Waals surface area contributed by atoms with E-state index in [1.807, 2.05) is 0 Å². The molecule has 1 aliphatic heterocycles. The Morgan fingerprint density at radius 2 is 2.29 bits per heavy atom. The van der Waals surface area contributed by atoms with Gasteiger partial charge in [0, 0.05) is 31.7 Å². The van der Waals surface area contributed by atoms with Crippen LogP contribution in [0.3, 0.4) is 0 Å². The van der Waals surface area contributed by atoms with Crippen molar-refractivity contribution in [3.63, 3.8) is 0 Å². The van der Waals surface area contributed by atoms with E-state index in [0.29, 0.717) is 27.6 Å². The number of likely N-dealkylation sites (N-methyl/N-ethyl adjacent to an activating group) is 2. The summed E-state index contributed by atoms with van der Waals surface area (Å²) in [4.78, 5) is 25.7. The smallest absolute Gasteiger partial charge is 0.257 e. The number of imidazole rings is 1. The number of amides is 1. The molecule has 0 spiro atoms. The van der Waals surface area contributed by atoms with Gasteiger partial charge in [0.1, 0.15) is 11.3 Å². The fourth-order valence-electron chi connectivity index (χ4n) is 3.63. The molecule has 1 aromatic carbocycles. The third-order valence-corrected chi connectivity index (χ3v) is 5.67. The summed E-state index contributed by atoms with van der Waals surface area (Å²) in [6.45, 7) is 4.89. The van der Waals surface area contributed by atoms with E-state index in [1.165, 1.54) is 19.2 Å². The Hall–Kier alpha value is -2.91. The second kappa shape index (κ2) is 9.07. The average Bonchev–Trinajstić information content (AvgIpc) is 3.41. The van der Waals surface area contributed by atoms with Crippen molar-refractivity contribution < 1.29 is 13.9 Å². The number of likely N-dealkylation sites (tertiary alicyclic amines) is 1. The quantitative estimate of drug-likeness (QED) is 0.516. The van der Waals surface area contributed by atoms with E-state index in [0.717, 1.165) is 31.7 Å². The van der Waals surface area contributed by atoms with Gasteiger partial charge in [-0.1, -0.05) is 18.5 Å². The number of nitrogens with zero attached hydrogens (tertiary/aromatic N) is 3. The zero-order valence-electron chi connectivity index (χ0n) is 17.3. The molecule has 4 rings (SSSR count). The number of anilines is 1. The molecule has 1 atom stereocenters. The predicted octanol–water partition coefficient (Wildman–Crippen LogP) is 3.05. The summed E-state index contributed by atoms with van der Waals surface area (Å²) in [5.74, 6) is -0.468. The molecule has 1 saturated heterocycles. The number of ether oxygens (including phenoxy) is 1. The number of carbonyl (C=O) groups excluding carboxylic acids is 1. The average molecular weight is 447 g/mol. The third-order valence-electron chi connectivity index (χ3n) is 5.38. The van der Waals surface area contributed by atoms with Gasteiger partial charge in [-0.05, 0) is 31.2 Å². The van der Waals surface area contributed by atoms with Crippen LogP contribution in [0.2, 0.25) is 5.02 Å². The predicted molar refractivity (Wildman–Crippen MR) is 118 cm³/mol. The number of fused-ring (bicyclic) bond motifs is 1. The second-order valence-corrected chi connectivity index (χ2v) is 7.80. The fourth-order valence-corrected chi connectivity index (χ4v) is 3.83. The van der Waals surface area contributed by atoms with Crippen LogP contribution in [-0.4, -0.2) is 65.1 Å². The Morgan fingerprint density at radius 1 is 1.45 bits per heavy atom. The summed E-state index contributed by atoms with van der Waals surface area (Å²) >= 11 is 6.43. The largest absolute Gasteiger partial charge is 0.481 e. The molecule has 0 saturated carbocycles. The molecule has 0 aliphatic carbocycles. The number of hydrogen-bond donors (Lipinski definition) is 3. The van der Waals surface area contributed by atoms with E-state index in [1.54, 1.807) is 12.3 Å². The molecule has 3 aromatic rings. The number of H-pyrrole nitrogens is 1. The molecule has 1 fully saturated rings. The van der Waals surface area contributed by atoms with Gasteiger partial charge in [0.05, 0.1) is 16.9 Å². The standard InChI is InChI=1S/C21H24ClFN6O2/c1-3-29-7-6-13(10-29)26-18-14(22)9-25-21-19(18)27-20(28-21)12-4-5-16(15(23)8-12)31-11-17(30)24-2/h4-5,8-9,13H,3,6-7,10-11H2,1-2H3,(H,24,30)(H2,25,26,27,28)/t13-/m0/s1. The summed E-state index contributed by atoms with van der Waals surface area (Å²) in [5, 5.41) is 6.44. The van der Waals surface area contributed by atoms with Crippen LogP contribution >= 0.6 is 11.6 Å². The van der Waals surface area contributed by atoms with Crippen molar-refractivity contribution in [2.45, 2.75) is 19.4 Å². The molecule has 8 nitrogen and oxygen atoms in total. The monoisotopic (exact) mass is 446 g/mol. The number of benzene rings is 1. The lowest BCUT2D eigenvalue weighted by Gasteiger charge is -2.16. The van der Waals surface area contributed by atoms with Crippen LogP contribution in [0.25, 0.3) is 22.6 Å². The van der Waals surface area contributed by atoms with Gasteiger partial charge >= 0.3 is 0 Å². The van der Waals surface area contributed by atoms with Gasteiger partial charge in [0.25, 0.3) is 5.91 Å². The van der Waals surface area contributed by atoms with Gasteiger partial charge in [-0.15, -0.1) is 0 Å². The van der Waals surface area contributed by atoms with Crippen LogP contribution in [0.1, 0.15) is 13.3 Å². The molecule has 164 valence electrons. The summed E-state index contributed by atoms with van der Waals surface area (Å²) < 4.78 is 19.7. The minimum atomic E-state index is -0.586. The Bertz CT molecular complexity index is 1100. The van der Waals surface area contributed by atoms with Crippen LogP contribution in [0.15, 0.2) is 24.4 Å². The number of nitrogens with one attached hydrogen (secondary N) is 3. The maximum Gasteiger partial charge on any atom is 0.257 e. The molecule has 1 amide bonds. The summed E-state index contributed by atoms with van der Waals surface area (Å²) in [6, 6.07) is 4.73. The van der Waals surface area contributed by atoms with Gasteiger partial charge in [-0.3, -0.25) is 4.79 Å². The molecule has 1 aliphatic rings. The second-order valence-electron chi connectivity index (χ2n) is 7.40. The number of rotatable bonds is 7. The van der Waals surface area contributed by atoms with Crippen LogP contribution in [-0.2, 0) is 4.79 Å². The van der Waals surface area contributed by atoms with Gasteiger partial charge in [0.15, 0.2) is 23.8 Å². The van der Waals surface area contributed by atoms with E-state index in [4.69, 9.17) is 16.3 Å². The van der Waals surface area contributed by atoms with E-state index >= 15 is 0 Å². The molecule has 31 heavy (non-hydrogen) atoms. The van der Waals surface area contributed by atoms with Crippen molar-refractivity contribution in [2.24, 2.45) is 0 Å². The molecule has 2 aromatic heterocycles. The number of aromatic amines is 1. The highest BCUT2D eigenvalue weighted by atomic mass is 35.5. The van der Waals surface area contributed by atoms with Crippen molar-refractivity contribution in [3.8, 4) is 17.1 Å². The van der Waals surface area contributed by atoms with Crippen molar-refractivity contribution in [1.29, 1.82) is 0 Å².